The Morgan fingerprint density at radius 1 is 1.39 bits per heavy atom. The summed E-state index contributed by atoms with van der Waals surface area (Å²) in [7, 11) is 0. The molecule has 0 unspecified atom stereocenters. The maximum absolute atomic E-state index is 13.1. The van der Waals surface area contributed by atoms with E-state index in [0.29, 0.717) is 20.0 Å². The maximum Gasteiger partial charge on any atom is 0.350 e. The highest BCUT2D eigenvalue weighted by Crippen LogP contribution is 2.36. The highest BCUT2D eigenvalue weighted by molar-refractivity contribution is 7.21. The van der Waals surface area contributed by atoms with Crippen LogP contribution in [0.5, 0.6) is 0 Å². The van der Waals surface area contributed by atoms with E-state index in [2.05, 4.69) is 0 Å². The van der Waals surface area contributed by atoms with E-state index in [-0.39, 0.29) is 5.82 Å². The van der Waals surface area contributed by atoms with E-state index < -0.39 is 11.6 Å². The van der Waals surface area contributed by atoms with Crippen molar-refractivity contribution in [3.63, 3.8) is 0 Å². The van der Waals surface area contributed by atoms with Gasteiger partial charge in [-0.3, -0.25) is 0 Å². The number of hydrogen-bond donors (Lipinski definition) is 0. The van der Waals surface area contributed by atoms with E-state index in [1.165, 1.54) is 12.1 Å². The fraction of sp³-hybridized carbons (Fsp3) is 0.308. The second-order valence-corrected chi connectivity index (χ2v) is 6.32. The molecule has 1 aromatic carbocycles. The summed E-state index contributed by atoms with van der Waals surface area (Å²) >= 11 is 7.26. The molecule has 1 heterocycles. The van der Waals surface area contributed by atoms with Crippen LogP contribution in [-0.4, -0.2) is 11.6 Å². The Labute approximate surface area is 113 Å². The number of carbonyl (C=O) groups excluding carboxylic acids is 1. The molecule has 0 saturated carbocycles. The average Bonchev–Trinajstić information content (AvgIpc) is 2.53. The molecule has 1 aromatic heterocycles. The van der Waals surface area contributed by atoms with Crippen LogP contribution < -0.4 is 0 Å². The van der Waals surface area contributed by atoms with Crippen LogP contribution in [-0.2, 0) is 4.74 Å². The standard InChI is InChI=1S/C13H12ClFO2S/c1-13(2,3)17-12(16)11-10(14)8-5-4-7(15)6-9(8)18-11/h4-6H,1-3H3. The van der Waals surface area contributed by atoms with Gasteiger partial charge in [0.05, 0.1) is 5.02 Å². The van der Waals surface area contributed by atoms with Gasteiger partial charge in [0.2, 0.25) is 0 Å². The molecule has 0 saturated heterocycles. The number of hydrogen-bond acceptors (Lipinski definition) is 3. The molecule has 0 aliphatic rings. The Balaban J connectivity index is 2.46. The first kappa shape index (κ1) is 13.3. The van der Waals surface area contributed by atoms with Gasteiger partial charge in [-0.05, 0) is 39.0 Å². The molecule has 0 fully saturated rings. The number of rotatable bonds is 1. The van der Waals surface area contributed by atoms with Gasteiger partial charge < -0.3 is 4.74 Å². The van der Waals surface area contributed by atoms with E-state index in [0.717, 1.165) is 11.3 Å². The number of ether oxygens (including phenoxy) is 1. The fourth-order valence-corrected chi connectivity index (χ4v) is 2.90. The summed E-state index contributed by atoms with van der Waals surface area (Å²) in [5.74, 6) is -0.828. The number of thiophene rings is 1. The molecule has 0 N–H and O–H groups in total. The molecular weight excluding hydrogens is 275 g/mol. The van der Waals surface area contributed by atoms with Gasteiger partial charge in [-0.25, -0.2) is 9.18 Å². The van der Waals surface area contributed by atoms with Crippen LogP contribution in [0.3, 0.4) is 0 Å². The van der Waals surface area contributed by atoms with Crippen LogP contribution in [0.15, 0.2) is 18.2 Å². The molecule has 5 heteroatoms. The Morgan fingerprint density at radius 3 is 2.67 bits per heavy atom. The number of benzene rings is 1. The zero-order valence-electron chi connectivity index (χ0n) is 10.2. The van der Waals surface area contributed by atoms with Crippen molar-refractivity contribution in [1.82, 2.24) is 0 Å². The predicted octanol–water partition coefficient (Wildman–Crippen LogP) is 4.65. The Bertz CT molecular complexity index is 613. The molecule has 96 valence electrons. The lowest BCUT2D eigenvalue weighted by Gasteiger charge is -2.18. The van der Waals surface area contributed by atoms with Gasteiger partial charge in [0, 0.05) is 10.1 Å². The van der Waals surface area contributed by atoms with Crippen molar-refractivity contribution in [2.45, 2.75) is 26.4 Å². The lowest BCUT2D eigenvalue weighted by Crippen LogP contribution is -2.23. The van der Waals surface area contributed by atoms with Gasteiger partial charge >= 0.3 is 5.97 Å². The average molecular weight is 287 g/mol. The molecule has 2 aromatic rings. The largest absolute Gasteiger partial charge is 0.456 e. The number of halogens is 2. The Morgan fingerprint density at radius 2 is 2.06 bits per heavy atom. The van der Waals surface area contributed by atoms with Gasteiger partial charge in [0.15, 0.2) is 0 Å². The molecule has 0 aliphatic carbocycles. The number of carbonyl (C=O) groups is 1. The SMILES string of the molecule is CC(C)(C)OC(=O)c1sc2cc(F)ccc2c1Cl. The summed E-state index contributed by atoms with van der Waals surface area (Å²) in [5, 5.41) is 0.994. The lowest BCUT2D eigenvalue weighted by molar-refractivity contribution is 0.00755. The molecule has 0 atom stereocenters. The van der Waals surface area contributed by atoms with Crippen LogP contribution in [0.4, 0.5) is 4.39 Å². The van der Waals surface area contributed by atoms with Crippen LogP contribution >= 0.6 is 22.9 Å². The van der Waals surface area contributed by atoms with Gasteiger partial charge in [0.1, 0.15) is 16.3 Å². The molecule has 0 aliphatic heterocycles. The summed E-state index contributed by atoms with van der Waals surface area (Å²) in [6, 6.07) is 4.25. The van der Waals surface area contributed by atoms with E-state index in [9.17, 15) is 9.18 Å². The molecule has 2 nitrogen and oxygen atoms in total. The molecule has 2 rings (SSSR count). The van der Waals surface area contributed by atoms with Crippen molar-refractivity contribution in [2.24, 2.45) is 0 Å². The maximum atomic E-state index is 13.1. The fourth-order valence-electron chi connectivity index (χ4n) is 1.49. The molecular formula is C13H12ClFO2S. The van der Waals surface area contributed by atoms with Crippen LogP contribution in [0.25, 0.3) is 10.1 Å². The smallest absolute Gasteiger partial charge is 0.350 e. The topological polar surface area (TPSA) is 26.3 Å². The molecule has 0 amide bonds. The summed E-state index contributed by atoms with van der Waals surface area (Å²) in [5.41, 5.74) is -0.582. The third kappa shape index (κ3) is 2.65. The normalized spacial score (nSPS) is 11.8. The zero-order chi connectivity index (χ0) is 13.5. The van der Waals surface area contributed by atoms with E-state index in [1.54, 1.807) is 26.8 Å². The molecule has 18 heavy (non-hydrogen) atoms. The highest BCUT2D eigenvalue weighted by Gasteiger charge is 2.23. The number of esters is 1. The minimum absolute atomic E-state index is 0.312. The minimum Gasteiger partial charge on any atom is -0.456 e. The van der Waals surface area contributed by atoms with E-state index in [4.69, 9.17) is 16.3 Å². The summed E-state index contributed by atoms with van der Waals surface area (Å²) in [6.07, 6.45) is 0. The van der Waals surface area contributed by atoms with Crippen LogP contribution in [0.2, 0.25) is 5.02 Å². The molecule has 0 radical (unpaired) electrons. The van der Waals surface area contributed by atoms with Gasteiger partial charge in [0.25, 0.3) is 0 Å². The lowest BCUT2D eigenvalue weighted by atomic mass is 10.2. The van der Waals surface area contributed by atoms with Crippen LogP contribution in [0, 0.1) is 5.82 Å². The van der Waals surface area contributed by atoms with Crippen molar-refractivity contribution in [3.8, 4) is 0 Å². The van der Waals surface area contributed by atoms with E-state index >= 15 is 0 Å². The summed E-state index contributed by atoms with van der Waals surface area (Å²) in [6.45, 7) is 5.35. The Kier molecular flexibility index (Phi) is 3.34. The quantitative estimate of drug-likeness (QED) is 0.713. The van der Waals surface area contributed by atoms with Crippen molar-refractivity contribution in [1.29, 1.82) is 0 Å². The van der Waals surface area contributed by atoms with Gasteiger partial charge in [-0.15, -0.1) is 11.3 Å². The van der Waals surface area contributed by atoms with Crippen LogP contribution in [0.1, 0.15) is 30.4 Å². The zero-order valence-corrected chi connectivity index (χ0v) is 11.8. The first-order valence-corrected chi connectivity index (χ1v) is 6.58. The summed E-state index contributed by atoms with van der Waals surface area (Å²) in [4.78, 5) is 12.3. The monoisotopic (exact) mass is 286 g/mol. The summed E-state index contributed by atoms with van der Waals surface area (Å²) < 4.78 is 19.0. The van der Waals surface area contributed by atoms with Crippen molar-refractivity contribution < 1.29 is 13.9 Å². The van der Waals surface area contributed by atoms with Gasteiger partial charge in [-0.1, -0.05) is 11.6 Å². The first-order valence-electron chi connectivity index (χ1n) is 5.39. The Hall–Kier alpha value is -1.13. The molecule has 0 spiro atoms. The van der Waals surface area contributed by atoms with Crippen molar-refractivity contribution in [2.75, 3.05) is 0 Å². The second kappa shape index (κ2) is 4.52. The molecule has 0 bridgehead atoms. The number of fused-ring (bicyclic) bond motifs is 1. The minimum atomic E-state index is -0.582. The second-order valence-electron chi connectivity index (χ2n) is 4.89. The third-order valence-corrected chi connectivity index (χ3v) is 3.81. The third-order valence-electron chi connectivity index (χ3n) is 2.18. The van der Waals surface area contributed by atoms with Crippen molar-refractivity contribution in [3.05, 3.63) is 33.9 Å². The van der Waals surface area contributed by atoms with Crippen molar-refractivity contribution >= 4 is 39.0 Å². The van der Waals surface area contributed by atoms with E-state index in [1.807, 2.05) is 0 Å². The highest BCUT2D eigenvalue weighted by atomic mass is 35.5. The predicted molar refractivity (Wildman–Crippen MR) is 72.0 cm³/mol. The van der Waals surface area contributed by atoms with Gasteiger partial charge in [-0.2, -0.15) is 0 Å². The first-order chi connectivity index (χ1) is 8.28.